The van der Waals surface area contributed by atoms with Gasteiger partial charge in [-0.05, 0) is 19.1 Å². The molecule has 1 heterocycles. The van der Waals surface area contributed by atoms with Crippen LogP contribution in [-0.4, -0.2) is 18.1 Å². The van der Waals surface area contributed by atoms with Crippen LogP contribution in [0, 0.1) is 6.92 Å². The number of esters is 1. The predicted molar refractivity (Wildman–Crippen MR) is 71.3 cm³/mol. The standard InChI is InChI=1S/C12H10BrNO2S/c1-7-10(12(15)16-2)14-11(17-7)8-3-5-9(13)6-4-8/h3-6H,1-2H3. The van der Waals surface area contributed by atoms with Crippen molar-refractivity contribution in [2.45, 2.75) is 6.92 Å². The van der Waals surface area contributed by atoms with E-state index in [9.17, 15) is 4.79 Å². The molecule has 0 unspecified atom stereocenters. The minimum absolute atomic E-state index is 0.387. The summed E-state index contributed by atoms with van der Waals surface area (Å²) in [5, 5.41) is 0.829. The molecule has 0 amide bonds. The quantitative estimate of drug-likeness (QED) is 0.794. The first-order valence-electron chi connectivity index (χ1n) is 4.93. The summed E-state index contributed by atoms with van der Waals surface area (Å²) in [5.41, 5.74) is 1.40. The minimum atomic E-state index is -0.387. The van der Waals surface area contributed by atoms with E-state index in [4.69, 9.17) is 0 Å². The molecule has 0 N–H and O–H groups in total. The van der Waals surface area contributed by atoms with Gasteiger partial charge in [-0.1, -0.05) is 28.1 Å². The van der Waals surface area contributed by atoms with E-state index in [1.807, 2.05) is 31.2 Å². The molecule has 0 spiro atoms. The van der Waals surface area contributed by atoms with Crippen molar-refractivity contribution in [3.8, 4) is 10.6 Å². The van der Waals surface area contributed by atoms with Crippen molar-refractivity contribution in [1.29, 1.82) is 0 Å². The fourth-order valence-corrected chi connectivity index (χ4v) is 2.57. The molecule has 2 rings (SSSR count). The van der Waals surface area contributed by atoms with Crippen LogP contribution in [0.1, 0.15) is 15.4 Å². The van der Waals surface area contributed by atoms with Gasteiger partial charge in [0.25, 0.3) is 0 Å². The van der Waals surface area contributed by atoms with Crippen LogP contribution in [0.2, 0.25) is 0 Å². The van der Waals surface area contributed by atoms with Gasteiger partial charge in [0.05, 0.1) is 7.11 Å². The second-order valence-electron chi connectivity index (χ2n) is 3.42. The number of halogens is 1. The van der Waals surface area contributed by atoms with Crippen LogP contribution in [0.3, 0.4) is 0 Å². The molecule has 0 saturated carbocycles. The third-order valence-electron chi connectivity index (χ3n) is 2.27. The lowest BCUT2D eigenvalue weighted by Crippen LogP contribution is -2.03. The molecule has 88 valence electrons. The molecule has 0 bridgehead atoms. The van der Waals surface area contributed by atoms with Crippen molar-refractivity contribution in [1.82, 2.24) is 4.98 Å². The number of hydrogen-bond donors (Lipinski definition) is 0. The van der Waals surface area contributed by atoms with E-state index in [0.717, 1.165) is 19.9 Å². The van der Waals surface area contributed by atoms with Crippen LogP contribution < -0.4 is 0 Å². The summed E-state index contributed by atoms with van der Waals surface area (Å²) in [4.78, 5) is 16.6. The first-order valence-corrected chi connectivity index (χ1v) is 6.54. The maximum atomic E-state index is 11.4. The average molecular weight is 312 g/mol. The van der Waals surface area contributed by atoms with E-state index in [1.165, 1.54) is 18.4 Å². The number of carbonyl (C=O) groups is 1. The smallest absolute Gasteiger partial charge is 0.357 e. The second-order valence-corrected chi connectivity index (χ2v) is 5.54. The van der Waals surface area contributed by atoms with E-state index in [1.54, 1.807) is 0 Å². The SMILES string of the molecule is COC(=O)c1nc(-c2ccc(Br)cc2)sc1C. The van der Waals surface area contributed by atoms with Crippen molar-refractivity contribution in [3.05, 3.63) is 39.3 Å². The van der Waals surface area contributed by atoms with Gasteiger partial charge in [0.15, 0.2) is 5.69 Å². The molecule has 0 aliphatic carbocycles. The van der Waals surface area contributed by atoms with E-state index < -0.39 is 0 Å². The molecule has 1 aromatic heterocycles. The highest BCUT2D eigenvalue weighted by Crippen LogP contribution is 2.28. The van der Waals surface area contributed by atoms with Crippen molar-refractivity contribution in [2.24, 2.45) is 0 Å². The Bertz CT molecular complexity index is 548. The number of ether oxygens (including phenoxy) is 1. The molecule has 0 radical (unpaired) electrons. The maximum Gasteiger partial charge on any atom is 0.357 e. The lowest BCUT2D eigenvalue weighted by molar-refractivity contribution is 0.0594. The van der Waals surface area contributed by atoms with E-state index >= 15 is 0 Å². The molecule has 0 saturated heterocycles. The number of aromatic nitrogens is 1. The Labute approximate surface area is 112 Å². The Morgan fingerprint density at radius 2 is 2.00 bits per heavy atom. The summed E-state index contributed by atoms with van der Waals surface area (Å²) in [7, 11) is 1.36. The fraction of sp³-hybridized carbons (Fsp3) is 0.167. The molecule has 0 aliphatic heterocycles. The highest BCUT2D eigenvalue weighted by Gasteiger charge is 2.16. The number of hydrogen-bond acceptors (Lipinski definition) is 4. The lowest BCUT2D eigenvalue weighted by atomic mass is 10.2. The van der Waals surface area contributed by atoms with Gasteiger partial charge in [-0.2, -0.15) is 0 Å². The summed E-state index contributed by atoms with van der Waals surface area (Å²) in [6.45, 7) is 1.87. The zero-order chi connectivity index (χ0) is 12.4. The Morgan fingerprint density at radius 3 is 2.59 bits per heavy atom. The Kier molecular flexibility index (Phi) is 3.59. The number of nitrogens with zero attached hydrogens (tertiary/aromatic N) is 1. The van der Waals surface area contributed by atoms with Crippen LogP contribution in [-0.2, 0) is 4.74 Å². The third-order valence-corrected chi connectivity index (χ3v) is 3.82. The average Bonchev–Trinajstić information content (AvgIpc) is 2.71. The van der Waals surface area contributed by atoms with Gasteiger partial charge in [0.2, 0.25) is 0 Å². The van der Waals surface area contributed by atoms with Crippen LogP contribution >= 0.6 is 27.3 Å². The maximum absolute atomic E-state index is 11.4. The van der Waals surface area contributed by atoms with Crippen molar-refractivity contribution >= 4 is 33.2 Å². The third kappa shape index (κ3) is 2.56. The van der Waals surface area contributed by atoms with E-state index in [-0.39, 0.29) is 5.97 Å². The number of benzene rings is 1. The van der Waals surface area contributed by atoms with Gasteiger partial charge in [0.1, 0.15) is 5.01 Å². The van der Waals surface area contributed by atoms with Gasteiger partial charge in [0, 0.05) is 14.9 Å². The van der Waals surface area contributed by atoms with Crippen LogP contribution in [0.25, 0.3) is 10.6 Å². The summed E-state index contributed by atoms with van der Waals surface area (Å²) in [6, 6.07) is 7.82. The molecule has 3 nitrogen and oxygen atoms in total. The highest BCUT2D eigenvalue weighted by atomic mass is 79.9. The van der Waals surface area contributed by atoms with Gasteiger partial charge in [-0.15, -0.1) is 11.3 Å². The zero-order valence-corrected chi connectivity index (χ0v) is 11.8. The number of aryl methyl sites for hydroxylation is 1. The first-order chi connectivity index (χ1) is 8.11. The fourth-order valence-electron chi connectivity index (χ4n) is 1.40. The van der Waals surface area contributed by atoms with Gasteiger partial charge < -0.3 is 4.74 Å². The van der Waals surface area contributed by atoms with Crippen molar-refractivity contribution in [2.75, 3.05) is 7.11 Å². The second kappa shape index (κ2) is 4.98. The van der Waals surface area contributed by atoms with Gasteiger partial charge >= 0.3 is 5.97 Å². The highest BCUT2D eigenvalue weighted by molar-refractivity contribution is 9.10. The Balaban J connectivity index is 2.41. The number of carbonyl (C=O) groups excluding carboxylic acids is 1. The molecule has 17 heavy (non-hydrogen) atoms. The number of rotatable bonds is 2. The molecule has 2 aromatic rings. The zero-order valence-electron chi connectivity index (χ0n) is 9.36. The topological polar surface area (TPSA) is 39.2 Å². The summed E-state index contributed by atoms with van der Waals surface area (Å²) in [6.07, 6.45) is 0. The summed E-state index contributed by atoms with van der Waals surface area (Å²) in [5.74, 6) is -0.387. The Hall–Kier alpha value is -1.20. The predicted octanol–water partition coefficient (Wildman–Crippen LogP) is 3.67. The summed E-state index contributed by atoms with van der Waals surface area (Å²) < 4.78 is 5.70. The van der Waals surface area contributed by atoms with Crippen LogP contribution in [0.5, 0.6) is 0 Å². The van der Waals surface area contributed by atoms with Crippen LogP contribution in [0.15, 0.2) is 28.7 Å². The number of methoxy groups -OCH3 is 1. The normalized spacial score (nSPS) is 10.3. The molecule has 0 aliphatic rings. The first kappa shape index (κ1) is 12.3. The molecule has 5 heteroatoms. The van der Waals surface area contributed by atoms with Gasteiger partial charge in [-0.25, -0.2) is 9.78 Å². The van der Waals surface area contributed by atoms with Gasteiger partial charge in [-0.3, -0.25) is 0 Å². The molecular weight excluding hydrogens is 302 g/mol. The summed E-state index contributed by atoms with van der Waals surface area (Å²) >= 11 is 4.87. The lowest BCUT2D eigenvalue weighted by Gasteiger charge is -1.96. The van der Waals surface area contributed by atoms with E-state index in [2.05, 4.69) is 25.7 Å². The minimum Gasteiger partial charge on any atom is -0.464 e. The molecule has 0 fully saturated rings. The molecular formula is C12H10BrNO2S. The molecule has 0 atom stereocenters. The molecule has 1 aromatic carbocycles. The van der Waals surface area contributed by atoms with Crippen molar-refractivity contribution in [3.63, 3.8) is 0 Å². The van der Waals surface area contributed by atoms with E-state index in [0.29, 0.717) is 5.69 Å². The Morgan fingerprint density at radius 1 is 1.35 bits per heavy atom. The largest absolute Gasteiger partial charge is 0.464 e. The van der Waals surface area contributed by atoms with Crippen LogP contribution in [0.4, 0.5) is 0 Å². The number of thiazole rings is 1. The monoisotopic (exact) mass is 311 g/mol. The van der Waals surface area contributed by atoms with Crippen molar-refractivity contribution < 1.29 is 9.53 Å².